The second-order valence-corrected chi connectivity index (χ2v) is 23.5. The minimum atomic E-state index is -3.80. The second kappa shape index (κ2) is 27.3. The summed E-state index contributed by atoms with van der Waals surface area (Å²) in [6, 6.07) is 21.4. The molecule has 0 bridgehead atoms. The molecule has 0 radical (unpaired) electrons. The van der Waals surface area contributed by atoms with Crippen molar-refractivity contribution in [1.29, 1.82) is 0 Å². The Bertz CT molecular complexity index is 1530. The lowest BCUT2D eigenvalue weighted by atomic mass is 10.1. The van der Waals surface area contributed by atoms with Crippen LogP contribution in [-0.4, -0.2) is 151 Å². The molecule has 3 aromatic rings. The summed E-state index contributed by atoms with van der Waals surface area (Å²) < 4.78 is 61.1. The number of hydrogen-bond donors (Lipinski definition) is 6. The minimum Gasteiger partial charge on any atom is -0.508 e. The van der Waals surface area contributed by atoms with Gasteiger partial charge in [0.25, 0.3) is 0 Å². The average molecular weight is 899 g/mol. The summed E-state index contributed by atoms with van der Waals surface area (Å²) in [7, 11) is -3.37. The van der Waals surface area contributed by atoms with Crippen LogP contribution in [0.25, 0.3) is 0 Å². The van der Waals surface area contributed by atoms with Crippen molar-refractivity contribution in [3.63, 3.8) is 0 Å². The summed E-state index contributed by atoms with van der Waals surface area (Å²) in [6.07, 6.45) is -0.490. The van der Waals surface area contributed by atoms with Crippen LogP contribution in [0.2, 0.25) is 18.1 Å². The largest absolute Gasteiger partial charge is 0.508 e. The third-order valence-electron chi connectivity index (χ3n) is 9.76. The molecule has 0 aliphatic heterocycles. The lowest BCUT2D eigenvalue weighted by Gasteiger charge is -2.40. The zero-order chi connectivity index (χ0) is 43.9. The van der Waals surface area contributed by atoms with Crippen LogP contribution >= 0.6 is 0 Å². The van der Waals surface area contributed by atoms with Gasteiger partial charge in [0, 0.05) is 92.8 Å². The molecule has 0 aliphatic rings. The Morgan fingerprint density at radius 3 is 0.950 bits per heavy atom. The SMILES string of the molecule is CO[Si](CCCOCC(O)Cc1ccccc1O)(OC)O[Si](CCCOCC(O)Cc1ccccc1O)(OC)O[Si](CCCOCC(O)Cc1ccccc1O)(OC)OC. The molecule has 3 unspecified atom stereocenters. The third-order valence-corrected chi connectivity index (χ3v) is 20.7. The van der Waals surface area contributed by atoms with Crippen molar-refractivity contribution < 1.29 is 75.2 Å². The van der Waals surface area contributed by atoms with Crippen molar-refractivity contribution >= 4 is 26.4 Å². The maximum absolute atomic E-state index is 10.6. The first-order valence-electron chi connectivity index (χ1n) is 20.1. The quantitative estimate of drug-likeness (QED) is 0.0373. The molecule has 60 heavy (non-hydrogen) atoms. The van der Waals surface area contributed by atoms with Gasteiger partial charge in [0.1, 0.15) is 17.2 Å². The van der Waals surface area contributed by atoms with E-state index in [9.17, 15) is 30.6 Å². The highest BCUT2D eigenvalue weighted by molar-refractivity contribution is 6.80. The van der Waals surface area contributed by atoms with Crippen molar-refractivity contribution in [2.45, 2.75) is 75.0 Å². The summed E-state index contributed by atoms with van der Waals surface area (Å²) in [5.41, 5.74) is 1.87. The highest BCUT2D eigenvalue weighted by Crippen LogP contribution is 2.32. The summed E-state index contributed by atoms with van der Waals surface area (Å²) in [6.45, 7) is 0.888. The fourth-order valence-corrected chi connectivity index (χ4v) is 17.5. The lowest BCUT2D eigenvalue weighted by molar-refractivity contribution is 0.0305. The van der Waals surface area contributed by atoms with Crippen LogP contribution in [0, 0.1) is 0 Å². The van der Waals surface area contributed by atoms with Gasteiger partial charge in [-0.2, -0.15) is 0 Å². The molecule has 338 valence electrons. The Morgan fingerprint density at radius 1 is 0.417 bits per heavy atom. The molecule has 0 spiro atoms. The van der Waals surface area contributed by atoms with Gasteiger partial charge in [-0.1, -0.05) is 54.6 Å². The highest BCUT2D eigenvalue weighted by atomic mass is 28.5. The number of aliphatic hydroxyl groups is 3. The first-order chi connectivity index (χ1) is 28.9. The summed E-state index contributed by atoms with van der Waals surface area (Å²) in [5, 5.41) is 61.8. The molecule has 6 N–H and O–H groups in total. The van der Waals surface area contributed by atoms with Gasteiger partial charge in [-0.3, -0.25) is 0 Å². The van der Waals surface area contributed by atoms with Gasteiger partial charge in [-0.15, -0.1) is 0 Å². The summed E-state index contributed by atoms with van der Waals surface area (Å²) >= 11 is 0. The monoisotopic (exact) mass is 898 g/mol. The number of benzene rings is 3. The molecule has 0 aromatic heterocycles. The van der Waals surface area contributed by atoms with Gasteiger partial charge in [-0.05, 0) is 54.2 Å². The van der Waals surface area contributed by atoms with Crippen LogP contribution in [0.1, 0.15) is 36.0 Å². The number of aromatic hydroxyl groups is 3. The van der Waals surface area contributed by atoms with E-state index in [0.29, 0.717) is 48.0 Å². The van der Waals surface area contributed by atoms with Crippen LogP contribution in [-0.2, 0) is 63.8 Å². The number of aliphatic hydroxyl groups excluding tert-OH is 3. The van der Waals surface area contributed by atoms with E-state index in [2.05, 4.69) is 0 Å². The summed E-state index contributed by atoms with van der Waals surface area (Å²) in [5.74, 6) is 0.340. The summed E-state index contributed by atoms with van der Waals surface area (Å²) in [4.78, 5) is 0. The van der Waals surface area contributed by atoms with E-state index in [1.54, 1.807) is 72.8 Å². The predicted molar refractivity (Wildman–Crippen MR) is 229 cm³/mol. The fraction of sp³-hybridized carbons (Fsp3) is 0.561. The number of rotatable bonds is 33. The van der Waals surface area contributed by atoms with E-state index in [-0.39, 0.29) is 82.2 Å². The third kappa shape index (κ3) is 17.5. The van der Waals surface area contributed by atoms with Crippen molar-refractivity contribution in [2.75, 3.05) is 75.2 Å². The molecule has 0 amide bonds. The predicted octanol–water partition coefficient (Wildman–Crippen LogP) is 4.22. The van der Waals surface area contributed by atoms with Gasteiger partial charge in [0.15, 0.2) is 0 Å². The average Bonchev–Trinajstić information content (AvgIpc) is 3.24. The van der Waals surface area contributed by atoms with Gasteiger partial charge in [0.05, 0.1) is 38.1 Å². The van der Waals surface area contributed by atoms with Crippen molar-refractivity contribution in [3.8, 4) is 17.2 Å². The molecule has 0 fully saturated rings. The number of para-hydroxylation sites is 3. The van der Waals surface area contributed by atoms with Crippen molar-refractivity contribution in [1.82, 2.24) is 0 Å². The maximum atomic E-state index is 10.6. The second-order valence-electron chi connectivity index (χ2n) is 14.3. The zero-order valence-electron chi connectivity index (χ0n) is 35.5. The molecular weight excluding hydrogens is 833 g/mol. The molecule has 3 aromatic carbocycles. The van der Waals surface area contributed by atoms with Crippen molar-refractivity contribution in [3.05, 3.63) is 89.5 Å². The molecular formula is C41H66O16Si3. The Balaban J connectivity index is 1.65. The van der Waals surface area contributed by atoms with Gasteiger partial charge in [-0.25, -0.2) is 0 Å². The normalized spacial score (nSPS) is 14.8. The van der Waals surface area contributed by atoms with Crippen LogP contribution < -0.4 is 0 Å². The van der Waals surface area contributed by atoms with Gasteiger partial charge in [0.2, 0.25) is 0 Å². The zero-order valence-corrected chi connectivity index (χ0v) is 38.5. The fourth-order valence-electron chi connectivity index (χ4n) is 6.44. The van der Waals surface area contributed by atoms with Crippen LogP contribution in [0.5, 0.6) is 17.2 Å². The number of phenolic OH excluding ortho intramolecular Hbond substituents is 3. The van der Waals surface area contributed by atoms with Crippen LogP contribution in [0.15, 0.2) is 72.8 Å². The minimum absolute atomic E-state index is 0.0314. The molecule has 3 atom stereocenters. The van der Waals surface area contributed by atoms with E-state index >= 15 is 0 Å². The first-order valence-corrected chi connectivity index (χ1v) is 25.9. The molecule has 0 aliphatic carbocycles. The maximum Gasteiger partial charge on any atom is 0.493 e. The van der Waals surface area contributed by atoms with E-state index < -0.39 is 44.7 Å². The topological polar surface area (TPSA) is 214 Å². The molecule has 0 saturated carbocycles. The van der Waals surface area contributed by atoms with E-state index in [0.717, 1.165) is 0 Å². The smallest absolute Gasteiger partial charge is 0.493 e. The van der Waals surface area contributed by atoms with E-state index in [1.165, 1.54) is 35.5 Å². The molecule has 3 rings (SSSR count). The highest BCUT2D eigenvalue weighted by Gasteiger charge is 2.57. The van der Waals surface area contributed by atoms with Gasteiger partial charge < -0.3 is 75.2 Å². The number of ether oxygens (including phenoxy) is 3. The first kappa shape index (κ1) is 51.5. The van der Waals surface area contributed by atoms with Crippen LogP contribution in [0.4, 0.5) is 0 Å². The number of hydrogen-bond acceptors (Lipinski definition) is 16. The Morgan fingerprint density at radius 2 is 0.683 bits per heavy atom. The number of phenols is 3. The molecule has 0 heterocycles. The molecule has 16 nitrogen and oxygen atoms in total. The standard InChI is InChI=1S/C41H66O16Si3/c1-48-58(49-2,24-12-21-53-30-36(42)27-33-15-6-9-18-39(33)45)56-60(52-5,26-14-23-55-32-38(44)29-35-17-8-11-20-41(35)47)57-59(50-3,51-4)25-13-22-54-31-37(43)28-34-16-7-10-19-40(34)46/h6-11,15-20,36-38,42-47H,12-14,21-32H2,1-5H3. The lowest BCUT2D eigenvalue weighted by Crippen LogP contribution is -2.63. The molecule has 0 saturated heterocycles. The van der Waals surface area contributed by atoms with Crippen LogP contribution in [0.3, 0.4) is 0 Å². The van der Waals surface area contributed by atoms with Crippen molar-refractivity contribution in [2.24, 2.45) is 0 Å². The molecule has 19 heteroatoms. The van der Waals surface area contributed by atoms with E-state index in [4.69, 9.17) is 44.6 Å². The van der Waals surface area contributed by atoms with E-state index in [1.807, 2.05) is 0 Å². The Labute approximate surface area is 357 Å². The Hall–Kier alpha value is -2.81. The Kier molecular flexibility index (Phi) is 23.4. The van der Waals surface area contributed by atoms with Gasteiger partial charge >= 0.3 is 26.4 Å².